The van der Waals surface area contributed by atoms with Crippen LogP contribution in [0.5, 0.6) is 11.5 Å². The Balaban J connectivity index is 0.000000207. The van der Waals surface area contributed by atoms with Gasteiger partial charge < -0.3 is 28.3 Å². The van der Waals surface area contributed by atoms with Gasteiger partial charge in [-0.15, -0.1) is 0 Å². The number of hydrogen-bond acceptors (Lipinski definition) is 8. The first-order chi connectivity index (χ1) is 23.9. The van der Waals surface area contributed by atoms with E-state index in [2.05, 4.69) is 25.9 Å². The first kappa shape index (κ1) is 41.2. The lowest BCUT2D eigenvalue weighted by Crippen LogP contribution is -2.41. The van der Waals surface area contributed by atoms with Crippen molar-refractivity contribution in [3.8, 4) is 11.5 Å². The molecular weight excluding hydrogens is 742 g/mol. The molecule has 2 aromatic heterocycles. The summed E-state index contributed by atoms with van der Waals surface area (Å²) in [5.74, 6) is 3.05. The first-order valence-electron chi connectivity index (χ1n) is 15.9. The van der Waals surface area contributed by atoms with E-state index in [1.807, 2.05) is 119 Å². The maximum absolute atomic E-state index is 6.04. The van der Waals surface area contributed by atoms with Crippen LogP contribution in [0, 0.1) is 0 Å². The topological polar surface area (TPSA) is 81.2 Å². The lowest BCUT2D eigenvalue weighted by atomic mass is 9.90. The summed E-state index contributed by atoms with van der Waals surface area (Å²) in [6.45, 7) is 10.3. The van der Waals surface area contributed by atoms with Gasteiger partial charge in [0.25, 0.3) is 0 Å². The third kappa shape index (κ3) is 14.2. The minimum absolute atomic E-state index is 0.254. The molecule has 0 amide bonds. The zero-order valence-corrected chi connectivity index (χ0v) is 32.4. The highest BCUT2D eigenvalue weighted by Gasteiger charge is 2.49. The van der Waals surface area contributed by atoms with Crippen LogP contribution in [0.4, 0.5) is 0 Å². The minimum Gasteiger partial charge on any atom is -0.486 e. The largest absolute Gasteiger partial charge is 0.486 e. The lowest BCUT2D eigenvalue weighted by molar-refractivity contribution is 0.00578. The van der Waals surface area contributed by atoms with Crippen molar-refractivity contribution in [1.82, 2.24) is 9.97 Å². The monoisotopic (exact) mass is 784 g/mol. The number of ether oxygens (including phenoxy) is 4. The van der Waals surface area contributed by atoms with E-state index >= 15 is 0 Å². The molecule has 2 aromatic carbocycles. The number of nitrogens with zero attached hydrogens (tertiary/aromatic N) is 2. The normalized spacial score (nSPS) is 14.5. The van der Waals surface area contributed by atoms with E-state index in [9.17, 15) is 0 Å². The van der Waals surface area contributed by atoms with Crippen LogP contribution in [-0.4, -0.2) is 55.7 Å². The Kier molecular flexibility index (Phi) is 17.5. The zero-order valence-electron chi connectivity index (χ0n) is 29.3. The van der Waals surface area contributed by atoms with Crippen LogP contribution in [0.1, 0.15) is 44.4 Å². The third-order valence-electron chi connectivity index (χ3n) is 7.48. The summed E-state index contributed by atoms with van der Waals surface area (Å²) in [5, 5.41) is 0.740. The van der Waals surface area contributed by atoms with Gasteiger partial charge in [-0.25, -0.2) is 9.97 Å². The summed E-state index contributed by atoms with van der Waals surface area (Å²) in [4.78, 5) is 8.10. The maximum Gasteiger partial charge on any atom is 0.486 e. The number of hydrogen-bond donors (Lipinski definition) is 0. The Hall–Kier alpha value is -3.22. The summed E-state index contributed by atoms with van der Waals surface area (Å²) in [5.41, 5.74) is 2.60. The van der Waals surface area contributed by atoms with Crippen LogP contribution in [0.3, 0.4) is 0 Å². The summed E-state index contributed by atoms with van der Waals surface area (Å²) in [7, 11) is 3.06. The zero-order chi connectivity index (χ0) is 36.4. The van der Waals surface area contributed by atoms with Gasteiger partial charge in [-0.2, -0.15) is 0 Å². The molecule has 1 saturated heterocycles. The van der Waals surface area contributed by atoms with Crippen molar-refractivity contribution >= 4 is 52.3 Å². The molecular formula is C38H44BBrCl2N2O6. The van der Waals surface area contributed by atoms with Crippen molar-refractivity contribution in [2.75, 3.05) is 27.4 Å². The standard InChI is InChI=1S/C16H16ClNO2.C12H9BrClNO.C10H19BO3/c1-19-9-5-8-14-10-15(16(17)18-11-14)20-12-13-6-3-2-4-7-13;13-10-6-11(12(14)15-7-10)16-8-9-4-2-1-3-5-9;1-9(2)10(3,4)14-11(13-9)7-6-8-12-5/h2-8,10-11H,9,12H2,1H3;1-7H,8H2;6-7H,8H2,1-5H3/b8-5+;;7-6+. The smallest absolute Gasteiger partial charge is 0.486 e. The predicted octanol–water partition coefficient (Wildman–Crippen LogP) is 9.87. The molecule has 1 aliphatic heterocycles. The quantitative estimate of drug-likeness (QED) is 0.104. The molecule has 5 rings (SSSR count). The SMILES string of the molecule is COC/C=C/B1OC(C)(C)C(C)(C)O1.COC/C=C/c1cnc(Cl)c(OCc2ccccc2)c1.Clc1ncc(Br)cc1OCc1ccccc1. The van der Waals surface area contributed by atoms with Crippen molar-refractivity contribution in [2.24, 2.45) is 0 Å². The van der Waals surface area contributed by atoms with Crippen molar-refractivity contribution < 1.29 is 28.3 Å². The molecule has 0 unspecified atom stereocenters. The van der Waals surface area contributed by atoms with Crippen LogP contribution in [0.15, 0.2) is 108 Å². The van der Waals surface area contributed by atoms with E-state index in [0.717, 1.165) is 21.2 Å². The van der Waals surface area contributed by atoms with Crippen molar-refractivity contribution in [3.63, 3.8) is 0 Å². The maximum atomic E-state index is 6.04. The van der Waals surface area contributed by atoms with E-state index in [-0.39, 0.29) is 18.3 Å². The summed E-state index contributed by atoms with van der Waals surface area (Å²) in [6, 6.07) is 23.5. The average Bonchev–Trinajstić information content (AvgIpc) is 3.32. The third-order valence-corrected chi connectivity index (χ3v) is 8.48. The van der Waals surface area contributed by atoms with E-state index in [4.69, 9.17) is 51.5 Å². The molecule has 0 bridgehead atoms. The van der Waals surface area contributed by atoms with Gasteiger partial charge in [0.2, 0.25) is 0 Å². The van der Waals surface area contributed by atoms with Gasteiger partial charge in [0.05, 0.1) is 24.4 Å². The van der Waals surface area contributed by atoms with E-state index in [0.29, 0.717) is 48.2 Å². The molecule has 12 heteroatoms. The van der Waals surface area contributed by atoms with Gasteiger partial charge in [0, 0.05) is 31.1 Å². The van der Waals surface area contributed by atoms with Gasteiger partial charge in [-0.05, 0) is 72.4 Å². The highest BCUT2D eigenvalue weighted by Crippen LogP contribution is 2.36. The second-order valence-corrected chi connectivity index (χ2v) is 13.5. The Morgan fingerprint density at radius 1 is 0.720 bits per heavy atom. The molecule has 0 spiro atoms. The fourth-order valence-corrected chi connectivity index (χ4v) is 4.75. The molecule has 4 aromatic rings. The van der Waals surface area contributed by atoms with Crippen LogP contribution in [-0.2, 0) is 32.0 Å². The summed E-state index contributed by atoms with van der Waals surface area (Å²) < 4.78 is 33.5. The summed E-state index contributed by atoms with van der Waals surface area (Å²) in [6.07, 6.45) is 9.07. The van der Waals surface area contributed by atoms with Gasteiger partial charge in [-0.1, -0.05) is 108 Å². The van der Waals surface area contributed by atoms with Crippen molar-refractivity contribution in [3.05, 3.63) is 135 Å². The lowest BCUT2D eigenvalue weighted by Gasteiger charge is -2.32. The number of methoxy groups -OCH3 is 2. The predicted molar refractivity (Wildman–Crippen MR) is 206 cm³/mol. The van der Waals surface area contributed by atoms with Crippen LogP contribution in [0.25, 0.3) is 6.08 Å². The van der Waals surface area contributed by atoms with Crippen LogP contribution >= 0.6 is 39.1 Å². The fraction of sp³-hybridized carbons (Fsp3) is 0.316. The Bertz CT molecular complexity index is 1630. The Morgan fingerprint density at radius 2 is 1.20 bits per heavy atom. The van der Waals surface area contributed by atoms with Crippen LogP contribution in [0.2, 0.25) is 10.3 Å². The highest BCUT2D eigenvalue weighted by atomic mass is 79.9. The minimum atomic E-state index is -0.255. The number of pyridine rings is 2. The van der Waals surface area contributed by atoms with E-state index in [1.54, 1.807) is 32.7 Å². The molecule has 3 heterocycles. The second kappa shape index (κ2) is 21.2. The van der Waals surface area contributed by atoms with Gasteiger partial charge >= 0.3 is 7.12 Å². The van der Waals surface area contributed by atoms with Crippen molar-refractivity contribution in [1.29, 1.82) is 0 Å². The molecule has 50 heavy (non-hydrogen) atoms. The molecule has 0 aliphatic carbocycles. The van der Waals surface area contributed by atoms with Gasteiger partial charge in [-0.3, -0.25) is 0 Å². The molecule has 8 nitrogen and oxygen atoms in total. The molecule has 0 saturated carbocycles. The fourth-order valence-electron chi connectivity index (χ4n) is 4.12. The molecule has 0 atom stereocenters. The van der Waals surface area contributed by atoms with E-state index in [1.165, 1.54) is 0 Å². The van der Waals surface area contributed by atoms with Crippen molar-refractivity contribution in [2.45, 2.75) is 52.1 Å². The van der Waals surface area contributed by atoms with Crippen LogP contribution < -0.4 is 9.47 Å². The Morgan fingerprint density at radius 3 is 1.72 bits per heavy atom. The summed E-state index contributed by atoms with van der Waals surface area (Å²) >= 11 is 15.3. The number of halogens is 3. The molecule has 0 N–H and O–H groups in total. The van der Waals surface area contributed by atoms with Gasteiger partial charge in [0.15, 0.2) is 21.8 Å². The molecule has 0 radical (unpaired) electrons. The average molecular weight is 786 g/mol. The number of rotatable bonds is 12. The van der Waals surface area contributed by atoms with Gasteiger partial charge in [0.1, 0.15) is 13.2 Å². The second-order valence-electron chi connectivity index (χ2n) is 11.9. The molecule has 266 valence electrons. The Labute approximate surface area is 315 Å². The molecule has 1 aliphatic rings. The highest BCUT2D eigenvalue weighted by molar-refractivity contribution is 9.10. The van der Waals surface area contributed by atoms with E-state index < -0.39 is 0 Å². The number of benzene rings is 2. The number of aromatic nitrogens is 2. The first-order valence-corrected chi connectivity index (χ1v) is 17.5. The molecule has 1 fully saturated rings.